The highest BCUT2D eigenvalue weighted by molar-refractivity contribution is 5.37. The van der Waals surface area contributed by atoms with Crippen LogP contribution < -0.4 is 0 Å². The second kappa shape index (κ2) is 6.46. The minimum atomic E-state index is -0.352. The van der Waals surface area contributed by atoms with Gasteiger partial charge in [-0.15, -0.1) is 0 Å². The number of hydrogen-bond donors (Lipinski definition) is 0. The van der Waals surface area contributed by atoms with Gasteiger partial charge >= 0.3 is 0 Å². The molecular formula is C21H22N6. The van der Waals surface area contributed by atoms with E-state index in [1.165, 1.54) is 0 Å². The molecule has 0 fully saturated rings. The van der Waals surface area contributed by atoms with E-state index in [-0.39, 0.29) is 5.41 Å². The fourth-order valence-corrected chi connectivity index (χ4v) is 3.18. The molecule has 0 radical (unpaired) electrons. The molecule has 0 spiro atoms. The molecule has 6 heteroatoms. The monoisotopic (exact) mass is 358 g/mol. The average molecular weight is 358 g/mol. The molecule has 0 aliphatic rings. The summed E-state index contributed by atoms with van der Waals surface area (Å²) in [5.74, 6) is 3.54. The molecule has 0 aliphatic heterocycles. The van der Waals surface area contributed by atoms with Crippen molar-refractivity contribution in [1.82, 2.24) is 29.1 Å². The van der Waals surface area contributed by atoms with Gasteiger partial charge in [0.05, 0.1) is 11.4 Å². The van der Waals surface area contributed by atoms with Gasteiger partial charge in [-0.1, -0.05) is 12.1 Å². The maximum absolute atomic E-state index is 4.90. The first-order chi connectivity index (χ1) is 13.0. The largest absolute Gasteiger partial charge is 0.288 e. The summed E-state index contributed by atoms with van der Waals surface area (Å²) >= 11 is 0. The Bertz CT molecular complexity index is 1000. The molecule has 136 valence electrons. The van der Waals surface area contributed by atoms with Crippen LogP contribution in [0.2, 0.25) is 0 Å². The number of nitrogens with zero attached hydrogens (tertiary/aromatic N) is 6. The van der Waals surface area contributed by atoms with Crippen LogP contribution in [0, 0.1) is 13.8 Å². The van der Waals surface area contributed by atoms with Crippen LogP contribution in [0.5, 0.6) is 0 Å². The minimum absolute atomic E-state index is 0.352. The molecule has 4 rings (SSSR count). The number of rotatable bonds is 4. The van der Waals surface area contributed by atoms with Crippen LogP contribution in [0.3, 0.4) is 0 Å². The minimum Gasteiger partial charge on any atom is -0.288 e. The van der Waals surface area contributed by atoms with Gasteiger partial charge in [-0.3, -0.25) is 9.13 Å². The Morgan fingerprint density at radius 1 is 0.704 bits per heavy atom. The highest BCUT2D eigenvalue weighted by Gasteiger charge is 2.27. The topological polar surface area (TPSA) is 61.4 Å². The number of aryl methyl sites for hydroxylation is 2. The number of aromatic nitrogens is 6. The van der Waals surface area contributed by atoms with E-state index in [2.05, 4.69) is 23.8 Å². The van der Waals surface area contributed by atoms with Gasteiger partial charge in [0, 0.05) is 30.2 Å². The zero-order valence-electron chi connectivity index (χ0n) is 16.0. The van der Waals surface area contributed by atoms with Crippen LogP contribution in [0.1, 0.15) is 36.9 Å². The lowest BCUT2D eigenvalue weighted by molar-refractivity contribution is 0.590. The Morgan fingerprint density at radius 2 is 1.15 bits per heavy atom. The number of imidazole rings is 2. The maximum atomic E-state index is 4.90. The third kappa shape index (κ3) is 3.03. The summed E-state index contributed by atoms with van der Waals surface area (Å²) in [4.78, 5) is 18.4. The summed E-state index contributed by atoms with van der Waals surface area (Å²) in [6.45, 7) is 8.23. The lowest BCUT2D eigenvalue weighted by Crippen LogP contribution is -2.23. The van der Waals surface area contributed by atoms with Gasteiger partial charge in [-0.05, 0) is 52.0 Å². The van der Waals surface area contributed by atoms with Crippen LogP contribution in [0.4, 0.5) is 0 Å². The summed E-state index contributed by atoms with van der Waals surface area (Å²) in [5.41, 5.74) is 1.56. The van der Waals surface area contributed by atoms with Gasteiger partial charge in [0.1, 0.15) is 23.3 Å². The second-order valence-electron chi connectivity index (χ2n) is 7.08. The van der Waals surface area contributed by atoms with Crippen LogP contribution in [0.15, 0.2) is 61.2 Å². The summed E-state index contributed by atoms with van der Waals surface area (Å²) in [7, 11) is 0. The molecule has 6 nitrogen and oxygen atoms in total. The average Bonchev–Trinajstić information content (AvgIpc) is 3.30. The normalized spacial score (nSPS) is 11.7. The van der Waals surface area contributed by atoms with Crippen LogP contribution >= 0.6 is 0 Å². The maximum Gasteiger partial charge on any atom is 0.138 e. The first-order valence-electron chi connectivity index (χ1n) is 8.92. The van der Waals surface area contributed by atoms with Gasteiger partial charge in [0.25, 0.3) is 0 Å². The van der Waals surface area contributed by atoms with Gasteiger partial charge in [0.15, 0.2) is 0 Å². The van der Waals surface area contributed by atoms with Gasteiger partial charge in [-0.25, -0.2) is 19.9 Å². The smallest absolute Gasteiger partial charge is 0.138 e. The molecular weight excluding hydrogens is 336 g/mol. The Morgan fingerprint density at radius 3 is 1.52 bits per heavy atom. The van der Waals surface area contributed by atoms with Crippen molar-refractivity contribution in [2.75, 3.05) is 0 Å². The summed E-state index contributed by atoms with van der Waals surface area (Å²) in [6, 6.07) is 12.1. The van der Waals surface area contributed by atoms with Crippen molar-refractivity contribution in [3.63, 3.8) is 0 Å². The van der Waals surface area contributed by atoms with Crippen LogP contribution in [0.25, 0.3) is 11.6 Å². The first-order valence-corrected chi connectivity index (χ1v) is 8.92. The van der Waals surface area contributed by atoms with E-state index in [1.807, 2.05) is 71.8 Å². The highest BCUT2D eigenvalue weighted by atomic mass is 15.1. The van der Waals surface area contributed by atoms with E-state index in [1.54, 1.807) is 12.4 Å². The third-order valence-corrected chi connectivity index (χ3v) is 4.89. The van der Waals surface area contributed by atoms with Gasteiger partial charge in [-0.2, -0.15) is 0 Å². The number of pyridine rings is 2. The van der Waals surface area contributed by atoms with E-state index in [0.717, 1.165) is 34.7 Å². The Hall–Kier alpha value is -3.28. The summed E-state index contributed by atoms with van der Waals surface area (Å²) in [5, 5.41) is 0. The molecule has 0 amide bonds. The van der Waals surface area contributed by atoms with Crippen molar-refractivity contribution in [2.45, 2.75) is 33.1 Å². The Labute approximate surface area is 158 Å². The molecule has 0 N–H and O–H groups in total. The standard InChI is InChI=1S/C21H22N6/c1-15-22-11-13-26(15)19-9-5-7-17(24-19)21(3,4)18-8-6-10-20(25-18)27-14-12-23-16(27)2/h5-14H,1-4H3. The molecule has 4 heterocycles. The Kier molecular flexibility index (Phi) is 4.11. The lowest BCUT2D eigenvalue weighted by Gasteiger charge is -2.25. The highest BCUT2D eigenvalue weighted by Crippen LogP contribution is 2.30. The van der Waals surface area contributed by atoms with Crippen LogP contribution in [-0.2, 0) is 5.41 Å². The van der Waals surface area contributed by atoms with Crippen molar-refractivity contribution < 1.29 is 0 Å². The lowest BCUT2D eigenvalue weighted by atomic mass is 9.84. The van der Waals surface area contributed by atoms with Gasteiger partial charge < -0.3 is 0 Å². The first kappa shape index (κ1) is 17.1. The van der Waals surface area contributed by atoms with Crippen molar-refractivity contribution in [3.05, 3.63) is 84.2 Å². The van der Waals surface area contributed by atoms with Crippen molar-refractivity contribution >= 4 is 0 Å². The third-order valence-electron chi connectivity index (χ3n) is 4.89. The molecule has 0 bridgehead atoms. The molecule has 27 heavy (non-hydrogen) atoms. The van der Waals surface area contributed by atoms with Crippen LogP contribution in [-0.4, -0.2) is 29.1 Å². The fraction of sp³-hybridized carbons (Fsp3) is 0.238. The Balaban J connectivity index is 1.76. The van der Waals surface area contributed by atoms with E-state index in [4.69, 9.17) is 9.97 Å². The van der Waals surface area contributed by atoms with E-state index < -0.39 is 0 Å². The van der Waals surface area contributed by atoms with Crippen molar-refractivity contribution in [2.24, 2.45) is 0 Å². The van der Waals surface area contributed by atoms with E-state index in [0.29, 0.717) is 0 Å². The predicted molar refractivity (Wildman–Crippen MR) is 104 cm³/mol. The predicted octanol–water partition coefficient (Wildman–Crippen LogP) is 3.79. The summed E-state index contributed by atoms with van der Waals surface area (Å²) in [6.07, 6.45) is 7.42. The number of hydrogen-bond acceptors (Lipinski definition) is 4. The SMILES string of the molecule is Cc1nccn1-c1cccc(C(C)(C)c2cccc(-n3ccnc3C)n2)n1. The molecule has 0 unspecified atom stereocenters. The molecule has 0 atom stereocenters. The molecule has 4 aromatic heterocycles. The van der Waals surface area contributed by atoms with Crippen molar-refractivity contribution in [3.8, 4) is 11.6 Å². The molecule has 0 saturated heterocycles. The quantitative estimate of drug-likeness (QED) is 0.557. The zero-order chi connectivity index (χ0) is 19.0. The molecule has 0 aromatic carbocycles. The fourth-order valence-electron chi connectivity index (χ4n) is 3.18. The zero-order valence-corrected chi connectivity index (χ0v) is 16.0. The molecule has 0 aliphatic carbocycles. The van der Waals surface area contributed by atoms with Gasteiger partial charge in [0.2, 0.25) is 0 Å². The molecule has 0 saturated carbocycles. The van der Waals surface area contributed by atoms with E-state index >= 15 is 0 Å². The summed E-state index contributed by atoms with van der Waals surface area (Å²) < 4.78 is 3.97. The second-order valence-corrected chi connectivity index (χ2v) is 7.08. The van der Waals surface area contributed by atoms with E-state index in [9.17, 15) is 0 Å². The molecule has 4 aromatic rings. The van der Waals surface area contributed by atoms with Crippen molar-refractivity contribution in [1.29, 1.82) is 0 Å².